The summed E-state index contributed by atoms with van der Waals surface area (Å²) in [6, 6.07) is 9.76. The first-order chi connectivity index (χ1) is 11.7. The summed E-state index contributed by atoms with van der Waals surface area (Å²) in [4.78, 5) is 24.5. The Labute approximate surface area is 179 Å². The summed E-state index contributed by atoms with van der Waals surface area (Å²) in [6.45, 7) is 7.62. The van der Waals surface area contributed by atoms with E-state index in [1.165, 1.54) is 0 Å². The summed E-state index contributed by atoms with van der Waals surface area (Å²) in [5.74, 6) is -2.01. The van der Waals surface area contributed by atoms with E-state index in [4.69, 9.17) is 4.74 Å². The zero-order valence-electron chi connectivity index (χ0n) is 16.7. The molecule has 1 saturated carbocycles. The summed E-state index contributed by atoms with van der Waals surface area (Å²) < 4.78 is 5.94. The molecule has 3 unspecified atom stereocenters. The number of benzene rings is 1. The number of carbonyl (C=O) groups excluding carboxylic acids is 2. The summed E-state index contributed by atoms with van der Waals surface area (Å²) in [6.07, 6.45) is 3.43. The molecule has 4 nitrogen and oxygen atoms in total. The molecule has 1 aliphatic rings. The van der Waals surface area contributed by atoms with Crippen molar-refractivity contribution in [2.75, 3.05) is 0 Å². The topological polar surface area (TPSA) is 66.4 Å². The van der Waals surface area contributed by atoms with Crippen LogP contribution in [0.15, 0.2) is 30.3 Å². The summed E-state index contributed by atoms with van der Waals surface area (Å²) in [5.41, 5.74) is -0.536. The zero-order chi connectivity index (χ0) is 18.7. The molecule has 0 bridgehead atoms. The van der Waals surface area contributed by atoms with Crippen LogP contribution in [-0.2, 0) is 14.3 Å². The largest absolute Gasteiger partial charge is 1.00 e. The number of aliphatic carboxylic acids is 1. The Morgan fingerprint density at radius 1 is 1.23 bits per heavy atom. The van der Waals surface area contributed by atoms with E-state index in [0.29, 0.717) is 12.8 Å². The second kappa shape index (κ2) is 9.38. The molecular weight excluding hydrogens is 339 g/mol. The van der Waals surface area contributed by atoms with Crippen molar-refractivity contribution >= 4 is 11.9 Å². The predicted octanol–water partition coefficient (Wildman–Crippen LogP) is 0.658. The number of carbonyl (C=O) groups is 2. The van der Waals surface area contributed by atoms with Crippen LogP contribution in [0.2, 0.25) is 0 Å². The molecule has 1 fully saturated rings. The molecule has 0 aromatic heterocycles. The first kappa shape index (κ1) is 23.2. The number of rotatable bonds is 7. The third kappa shape index (κ3) is 4.52. The molecule has 1 aromatic rings. The quantitative estimate of drug-likeness (QED) is 0.524. The van der Waals surface area contributed by atoms with E-state index in [9.17, 15) is 14.7 Å². The Bertz CT molecular complexity index is 614. The van der Waals surface area contributed by atoms with Crippen molar-refractivity contribution in [3.05, 3.63) is 35.9 Å². The summed E-state index contributed by atoms with van der Waals surface area (Å²) in [7, 11) is 0. The molecule has 0 N–H and O–H groups in total. The monoisotopic (exact) mass is 368 g/mol. The maximum atomic E-state index is 13.1. The molecule has 0 amide bonds. The fraction of sp³-hybridized carbons (Fsp3) is 0.619. The van der Waals surface area contributed by atoms with Crippen LogP contribution in [-0.4, -0.2) is 11.9 Å². The van der Waals surface area contributed by atoms with Gasteiger partial charge in [0.05, 0.1) is 5.41 Å². The van der Waals surface area contributed by atoms with Crippen LogP contribution < -0.4 is 34.7 Å². The first-order valence-corrected chi connectivity index (χ1v) is 9.21. The summed E-state index contributed by atoms with van der Waals surface area (Å²) in [5, 5.41) is 11.4. The van der Waals surface area contributed by atoms with E-state index in [-0.39, 0.29) is 41.6 Å². The number of carboxylic acid groups (broad SMARTS) is 1. The second-order valence-electron chi connectivity index (χ2n) is 7.91. The van der Waals surface area contributed by atoms with Gasteiger partial charge < -0.3 is 14.6 Å². The van der Waals surface area contributed by atoms with Gasteiger partial charge in [-0.15, -0.1) is 0 Å². The van der Waals surface area contributed by atoms with Crippen LogP contribution in [0, 0.1) is 16.7 Å². The molecule has 0 saturated heterocycles. The van der Waals surface area contributed by atoms with Crippen LogP contribution in [0.5, 0.6) is 0 Å². The SMILES string of the molecule is CCCCC(OC(=O)C1(C)CCC(C(=O)[O-])C1(C)C)c1ccccc1.[Na+]. The van der Waals surface area contributed by atoms with Crippen molar-refractivity contribution in [2.24, 2.45) is 16.7 Å². The van der Waals surface area contributed by atoms with Crippen LogP contribution in [0.1, 0.15) is 71.5 Å². The Morgan fingerprint density at radius 3 is 2.35 bits per heavy atom. The smallest absolute Gasteiger partial charge is 0.550 e. The van der Waals surface area contributed by atoms with E-state index in [1.54, 1.807) is 0 Å². The van der Waals surface area contributed by atoms with E-state index < -0.39 is 22.7 Å². The molecule has 0 spiro atoms. The maximum Gasteiger partial charge on any atom is 1.00 e. The Balaban J connectivity index is 0.00000338. The zero-order valence-corrected chi connectivity index (χ0v) is 18.7. The minimum absolute atomic E-state index is 0. The van der Waals surface area contributed by atoms with Crippen LogP contribution >= 0.6 is 0 Å². The van der Waals surface area contributed by atoms with Gasteiger partial charge in [0.1, 0.15) is 6.10 Å². The number of ether oxygens (including phenoxy) is 1. The van der Waals surface area contributed by atoms with Gasteiger partial charge in [0.25, 0.3) is 0 Å². The molecule has 0 heterocycles. The number of hydrogen-bond acceptors (Lipinski definition) is 4. The minimum Gasteiger partial charge on any atom is -0.550 e. The van der Waals surface area contributed by atoms with E-state index in [0.717, 1.165) is 24.8 Å². The van der Waals surface area contributed by atoms with Gasteiger partial charge in [-0.3, -0.25) is 4.79 Å². The molecule has 2 rings (SSSR count). The van der Waals surface area contributed by atoms with Crippen LogP contribution in [0.3, 0.4) is 0 Å². The van der Waals surface area contributed by atoms with Gasteiger partial charge in [-0.2, -0.15) is 0 Å². The van der Waals surface area contributed by atoms with E-state index in [2.05, 4.69) is 6.92 Å². The van der Waals surface area contributed by atoms with Gasteiger partial charge in [-0.25, -0.2) is 0 Å². The van der Waals surface area contributed by atoms with Crippen molar-refractivity contribution in [1.82, 2.24) is 0 Å². The normalized spacial score (nSPS) is 25.2. The number of esters is 1. The van der Waals surface area contributed by atoms with Crippen molar-refractivity contribution < 1.29 is 49.0 Å². The molecule has 0 aliphatic heterocycles. The fourth-order valence-corrected chi connectivity index (χ4v) is 3.89. The number of unbranched alkanes of at least 4 members (excludes halogenated alkanes) is 1. The average molecular weight is 368 g/mol. The minimum atomic E-state index is -1.08. The van der Waals surface area contributed by atoms with Gasteiger partial charge in [0, 0.05) is 11.9 Å². The van der Waals surface area contributed by atoms with E-state index in [1.807, 2.05) is 51.1 Å². The molecule has 138 valence electrons. The molecule has 0 radical (unpaired) electrons. The first-order valence-electron chi connectivity index (χ1n) is 9.21. The van der Waals surface area contributed by atoms with Crippen molar-refractivity contribution in [3.8, 4) is 0 Å². The maximum absolute atomic E-state index is 13.1. The number of hydrogen-bond donors (Lipinski definition) is 0. The van der Waals surface area contributed by atoms with E-state index >= 15 is 0 Å². The second-order valence-corrected chi connectivity index (χ2v) is 7.91. The molecule has 5 heteroatoms. The Hall–Kier alpha value is -0.840. The van der Waals surface area contributed by atoms with Crippen LogP contribution in [0.25, 0.3) is 0 Å². The standard InChI is InChI=1S/C21H30O4.Na/c1-5-6-12-17(15-10-8-7-9-11-15)25-19(24)21(4)14-13-16(18(22)23)20(21,2)3;/h7-11,16-17H,5-6,12-14H2,1-4H3,(H,22,23);/q;+1/p-1. The predicted molar refractivity (Wildman–Crippen MR) is 94.4 cm³/mol. The summed E-state index contributed by atoms with van der Waals surface area (Å²) >= 11 is 0. The van der Waals surface area contributed by atoms with Crippen molar-refractivity contribution in [3.63, 3.8) is 0 Å². The molecule has 1 aliphatic carbocycles. The van der Waals surface area contributed by atoms with Gasteiger partial charge in [-0.05, 0) is 43.6 Å². The van der Waals surface area contributed by atoms with Gasteiger partial charge in [0.2, 0.25) is 0 Å². The Morgan fingerprint density at radius 2 is 1.85 bits per heavy atom. The third-order valence-electron chi connectivity index (χ3n) is 6.20. The van der Waals surface area contributed by atoms with Crippen molar-refractivity contribution in [2.45, 2.75) is 65.9 Å². The van der Waals surface area contributed by atoms with Gasteiger partial charge >= 0.3 is 35.5 Å². The molecule has 1 aromatic carbocycles. The average Bonchev–Trinajstić information content (AvgIpc) is 2.83. The third-order valence-corrected chi connectivity index (χ3v) is 6.20. The van der Waals surface area contributed by atoms with Crippen molar-refractivity contribution in [1.29, 1.82) is 0 Å². The van der Waals surface area contributed by atoms with Gasteiger partial charge in [0.15, 0.2) is 0 Å². The fourth-order valence-electron chi connectivity index (χ4n) is 3.89. The molecule has 26 heavy (non-hydrogen) atoms. The molecular formula is C21H29NaO4. The molecule has 3 atom stereocenters. The van der Waals surface area contributed by atoms with Gasteiger partial charge in [-0.1, -0.05) is 57.5 Å². The Kier molecular flexibility index (Phi) is 8.37. The number of carboxylic acids is 1. The van der Waals surface area contributed by atoms with Crippen LogP contribution in [0.4, 0.5) is 0 Å².